The highest BCUT2D eigenvalue weighted by atomic mass is 32.2. The molecule has 27 heavy (non-hydrogen) atoms. The largest absolute Gasteiger partial charge is 0.591 e. The average molecular weight is 412 g/mol. The van der Waals surface area contributed by atoms with Gasteiger partial charge in [0.2, 0.25) is 0 Å². The second-order valence-corrected chi connectivity index (χ2v) is 9.25. The van der Waals surface area contributed by atoms with Crippen LogP contribution < -0.4 is 0 Å². The topological polar surface area (TPSA) is 74.6 Å². The van der Waals surface area contributed by atoms with Gasteiger partial charge in [-0.1, -0.05) is 16.2 Å². The van der Waals surface area contributed by atoms with Crippen LogP contribution in [-0.4, -0.2) is 33.6 Å². The second-order valence-electron chi connectivity index (χ2n) is 6.32. The third-order valence-electron chi connectivity index (χ3n) is 3.27. The van der Waals surface area contributed by atoms with Crippen molar-refractivity contribution in [2.24, 2.45) is 4.40 Å². The van der Waals surface area contributed by atoms with Gasteiger partial charge in [-0.15, -0.1) is 0 Å². The molecule has 0 bridgehead atoms. The first-order valence-electron chi connectivity index (χ1n) is 7.80. The molecule has 0 aliphatic heterocycles. The van der Waals surface area contributed by atoms with Crippen LogP contribution in [0.15, 0.2) is 44.8 Å². The maximum absolute atomic E-state index is 14.4. The van der Waals surface area contributed by atoms with Crippen LogP contribution >= 0.6 is 11.8 Å². The fourth-order valence-corrected chi connectivity index (χ4v) is 3.38. The molecule has 2 rings (SSSR count). The number of aromatic nitrogens is 1. The van der Waals surface area contributed by atoms with Crippen LogP contribution in [-0.2, 0) is 16.1 Å². The average Bonchev–Trinajstić information content (AvgIpc) is 2.63. The van der Waals surface area contributed by atoms with Crippen LogP contribution in [0.3, 0.4) is 0 Å². The third kappa shape index (κ3) is 5.27. The molecule has 0 aliphatic carbocycles. The number of methoxy groups -OCH3 is 1. The molecule has 0 amide bonds. The number of esters is 1. The van der Waals surface area contributed by atoms with E-state index < -0.39 is 33.7 Å². The van der Waals surface area contributed by atoms with Crippen LogP contribution in [0, 0.1) is 11.6 Å². The number of nitrogens with zero attached hydrogens (tertiary/aromatic N) is 2. The number of rotatable bonds is 5. The summed E-state index contributed by atoms with van der Waals surface area (Å²) in [4.78, 5) is 15.8. The van der Waals surface area contributed by atoms with Crippen molar-refractivity contribution in [1.82, 2.24) is 4.98 Å². The van der Waals surface area contributed by atoms with E-state index in [1.807, 2.05) is 0 Å². The van der Waals surface area contributed by atoms with Crippen molar-refractivity contribution in [3.63, 3.8) is 0 Å². The Balaban J connectivity index is 2.49. The molecule has 1 aromatic carbocycles. The number of hydrogen-bond donors (Lipinski definition) is 0. The molecule has 0 saturated carbocycles. The van der Waals surface area contributed by atoms with E-state index in [1.54, 1.807) is 20.8 Å². The summed E-state index contributed by atoms with van der Waals surface area (Å²) in [7, 11) is 1.21. The number of carbonyl (C=O) groups is 1. The Hall–Kier alpha value is -1.97. The van der Waals surface area contributed by atoms with E-state index >= 15 is 0 Å². The highest BCUT2D eigenvalue weighted by molar-refractivity contribution is 7.99. The van der Waals surface area contributed by atoms with Gasteiger partial charge in [-0.2, -0.15) is 0 Å². The highest BCUT2D eigenvalue weighted by Gasteiger charge is 2.26. The second kappa shape index (κ2) is 8.81. The number of hydrogen-bond acceptors (Lipinski definition) is 6. The summed E-state index contributed by atoms with van der Waals surface area (Å²) in [6.45, 7) is 5.15. The van der Waals surface area contributed by atoms with E-state index in [2.05, 4.69) is 14.1 Å². The van der Waals surface area contributed by atoms with Crippen LogP contribution in [0.25, 0.3) is 0 Å². The number of benzene rings is 1. The van der Waals surface area contributed by atoms with Gasteiger partial charge in [0.05, 0.1) is 29.3 Å². The van der Waals surface area contributed by atoms with Crippen molar-refractivity contribution in [3.8, 4) is 0 Å². The Morgan fingerprint density at radius 3 is 2.59 bits per heavy atom. The first-order valence-corrected chi connectivity index (χ1v) is 9.72. The molecular formula is C18H18F2N2O3S2. The van der Waals surface area contributed by atoms with Gasteiger partial charge in [0.1, 0.15) is 32.8 Å². The van der Waals surface area contributed by atoms with E-state index in [1.165, 1.54) is 25.4 Å². The maximum atomic E-state index is 14.4. The Morgan fingerprint density at radius 1 is 1.30 bits per heavy atom. The summed E-state index contributed by atoms with van der Waals surface area (Å²) >= 11 is -0.872. The van der Waals surface area contributed by atoms with Crippen molar-refractivity contribution in [2.75, 3.05) is 7.11 Å². The number of halogens is 2. The summed E-state index contributed by atoms with van der Waals surface area (Å²) in [5, 5.41) is 0.153. The highest BCUT2D eigenvalue weighted by Crippen LogP contribution is 2.34. The van der Waals surface area contributed by atoms with Crippen molar-refractivity contribution in [2.45, 2.75) is 35.4 Å². The minimum absolute atomic E-state index is 0.117. The van der Waals surface area contributed by atoms with Crippen LogP contribution in [0.1, 0.15) is 36.7 Å². The van der Waals surface area contributed by atoms with Gasteiger partial charge in [0.25, 0.3) is 0 Å². The fourth-order valence-electron chi connectivity index (χ4n) is 1.87. The van der Waals surface area contributed by atoms with Crippen LogP contribution in [0.5, 0.6) is 0 Å². The monoisotopic (exact) mass is 412 g/mol. The number of pyridine rings is 1. The summed E-state index contributed by atoms with van der Waals surface area (Å²) in [6, 6.07) is 4.94. The van der Waals surface area contributed by atoms with Gasteiger partial charge >= 0.3 is 5.97 Å². The smallest absolute Gasteiger partial charge is 0.340 e. The predicted octanol–water partition coefficient (Wildman–Crippen LogP) is 4.18. The van der Waals surface area contributed by atoms with E-state index in [4.69, 9.17) is 0 Å². The Bertz CT molecular complexity index is 870. The lowest BCUT2D eigenvalue weighted by molar-refractivity contribution is 0.0596. The Kier molecular flexibility index (Phi) is 6.96. The summed E-state index contributed by atoms with van der Waals surface area (Å²) in [5.74, 6) is -2.10. The predicted molar refractivity (Wildman–Crippen MR) is 102 cm³/mol. The van der Waals surface area contributed by atoms with Gasteiger partial charge in [0, 0.05) is 6.20 Å². The minimum Gasteiger partial charge on any atom is -0.591 e. The summed E-state index contributed by atoms with van der Waals surface area (Å²) in [5.41, 5.74) is -0.0473. The molecule has 1 atom stereocenters. The van der Waals surface area contributed by atoms with E-state index in [-0.39, 0.29) is 21.0 Å². The molecule has 0 N–H and O–H groups in total. The zero-order chi connectivity index (χ0) is 20.2. The van der Waals surface area contributed by atoms with Gasteiger partial charge in [-0.25, -0.2) is 18.6 Å². The number of ether oxygens (including phenoxy) is 1. The quantitative estimate of drug-likeness (QED) is 0.418. The third-order valence-corrected chi connectivity index (χ3v) is 5.75. The normalized spacial score (nSPS) is 13.0. The maximum Gasteiger partial charge on any atom is 0.340 e. The van der Waals surface area contributed by atoms with Gasteiger partial charge in [0.15, 0.2) is 0 Å². The van der Waals surface area contributed by atoms with Crippen LogP contribution in [0.4, 0.5) is 8.78 Å². The van der Waals surface area contributed by atoms with Crippen LogP contribution in [0.2, 0.25) is 0 Å². The Morgan fingerprint density at radius 2 is 1.96 bits per heavy atom. The van der Waals surface area contributed by atoms with Crippen molar-refractivity contribution >= 4 is 35.3 Å². The molecule has 2 aromatic rings. The molecule has 0 saturated heterocycles. The zero-order valence-corrected chi connectivity index (χ0v) is 16.8. The SMILES string of the molecule is COC(=O)c1cccnc1Sc1c(F)ccc(F)c1/C=N/[S+]([O-])C(C)(C)C. The molecule has 0 radical (unpaired) electrons. The van der Waals surface area contributed by atoms with E-state index in [0.717, 1.165) is 30.1 Å². The molecule has 1 heterocycles. The van der Waals surface area contributed by atoms with E-state index in [9.17, 15) is 18.1 Å². The lowest BCUT2D eigenvalue weighted by Crippen LogP contribution is -2.25. The first-order chi connectivity index (χ1) is 12.6. The van der Waals surface area contributed by atoms with Crippen molar-refractivity contribution in [3.05, 3.63) is 53.2 Å². The molecule has 1 unspecified atom stereocenters. The molecule has 0 fully saturated rings. The minimum atomic E-state index is -1.64. The molecule has 9 heteroatoms. The molecule has 5 nitrogen and oxygen atoms in total. The number of carbonyl (C=O) groups excluding carboxylic acids is 1. The summed E-state index contributed by atoms with van der Waals surface area (Å²) < 4.78 is 48.7. The Labute approximate surface area is 163 Å². The lowest BCUT2D eigenvalue weighted by atomic mass is 10.2. The van der Waals surface area contributed by atoms with Gasteiger partial charge in [-0.05, 0) is 45.0 Å². The van der Waals surface area contributed by atoms with E-state index in [0.29, 0.717) is 0 Å². The molecular weight excluding hydrogens is 394 g/mol. The zero-order valence-electron chi connectivity index (χ0n) is 15.2. The van der Waals surface area contributed by atoms with Gasteiger partial charge < -0.3 is 9.29 Å². The standard InChI is InChI=1S/C18H18F2N2O3S2/c1-18(2,3)27(24)22-10-12-13(19)7-8-14(20)15(12)26-16-11(17(23)25-4)6-5-9-21-16/h5-10H,1-4H3/b22-10+. The molecule has 144 valence electrons. The molecule has 0 spiro atoms. The molecule has 0 aliphatic rings. The fraction of sp³-hybridized carbons (Fsp3) is 0.278. The first kappa shape index (κ1) is 21.3. The summed E-state index contributed by atoms with van der Waals surface area (Å²) in [6.07, 6.45) is 2.47. The molecule has 1 aromatic heterocycles. The van der Waals surface area contributed by atoms with Crippen molar-refractivity contribution in [1.29, 1.82) is 0 Å². The van der Waals surface area contributed by atoms with Crippen molar-refractivity contribution < 1.29 is 22.9 Å². The van der Waals surface area contributed by atoms with Gasteiger partial charge in [-0.3, -0.25) is 0 Å². The lowest BCUT2D eigenvalue weighted by Gasteiger charge is -2.18.